The fourth-order valence-corrected chi connectivity index (χ4v) is 3.73. The second-order valence-electron chi connectivity index (χ2n) is 6.10. The van der Waals surface area contributed by atoms with Crippen molar-refractivity contribution in [3.63, 3.8) is 0 Å². The molecule has 1 heterocycles. The third-order valence-corrected chi connectivity index (χ3v) is 5.05. The summed E-state index contributed by atoms with van der Waals surface area (Å²) in [5, 5.41) is 3.42. The zero-order valence-electron chi connectivity index (χ0n) is 12.3. The minimum absolute atomic E-state index is 0.0998. The first kappa shape index (κ1) is 13.6. The number of hydrogen-bond donors (Lipinski definition) is 1. The van der Waals surface area contributed by atoms with Gasteiger partial charge in [0.15, 0.2) is 0 Å². The summed E-state index contributed by atoms with van der Waals surface area (Å²) in [7, 11) is 0. The third-order valence-electron chi connectivity index (χ3n) is 5.05. The molecule has 0 spiro atoms. The highest BCUT2D eigenvalue weighted by Crippen LogP contribution is 2.43. The number of carbonyl (C=O) groups excluding carboxylic acids is 1. The lowest BCUT2D eigenvalue weighted by molar-refractivity contribution is -0.128. The van der Waals surface area contributed by atoms with Crippen molar-refractivity contribution in [2.75, 3.05) is 18.0 Å². The summed E-state index contributed by atoms with van der Waals surface area (Å²) in [5.41, 5.74) is 2.25. The standard InChI is InChI=1S/C17H24N2O/c1-2-17(9-5-6-10-17)16(20)19-12-11-18-13-14-7-3-4-8-15(14)19/h3-4,7-8,18H,2,5-6,9-13H2,1H3. The van der Waals surface area contributed by atoms with E-state index in [1.54, 1.807) is 0 Å². The Morgan fingerprint density at radius 1 is 1.30 bits per heavy atom. The van der Waals surface area contributed by atoms with Crippen LogP contribution in [0.3, 0.4) is 0 Å². The summed E-state index contributed by atoms with van der Waals surface area (Å²) in [6, 6.07) is 8.32. The largest absolute Gasteiger partial charge is 0.311 e. The Balaban J connectivity index is 1.95. The van der Waals surface area contributed by atoms with Gasteiger partial charge in [-0.2, -0.15) is 0 Å². The van der Waals surface area contributed by atoms with E-state index in [4.69, 9.17) is 0 Å². The molecule has 2 aliphatic rings. The maximum absolute atomic E-state index is 13.2. The van der Waals surface area contributed by atoms with Crippen molar-refractivity contribution in [2.24, 2.45) is 5.41 Å². The number of anilines is 1. The summed E-state index contributed by atoms with van der Waals surface area (Å²) in [6.07, 6.45) is 5.50. The topological polar surface area (TPSA) is 32.3 Å². The lowest BCUT2D eigenvalue weighted by Crippen LogP contribution is -2.44. The quantitative estimate of drug-likeness (QED) is 0.897. The average molecular weight is 272 g/mol. The number of nitrogens with one attached hydrogen (secondary N) is 1. The molecule has 0 radical (unpaired) electrons. The molecule has 3 heteroatoms. The molecule has 1 fully saturated rings. The molecule has 1 aromatic rings. The maximum atomic E-state index is 13.2. The predicted molar refractivity (Wildman–Crippen MR) is 81.7 cm³/mol. The molecule has 3 nitrogen and oxygen atoms in total. The van der Waals surface area contributed by atoms with Crippen LogP contribution in [0.15, 0.2) is 24.3 Å². The van der Waals surface area contributed by atoms with Gasteiger partial charge in [-0.15, -0.1) is 0 Å². The smallest absolute Gasteiger partial charge is 0.233 e. The molecule has 1 aliphatic heterocycles. The Morgan fingerprint density at radius 3 is 2.80 bits per heavy atom. The zero-order chi connectivity index (χ0) is 14.0. The number of para-hydroxylation sites is 1. The highest BCUT2D eigenvalue weighted by Gasteiger charge is 2.42. The number of benzene rings is 1. The van der Waals surface area contributed by atoms with E-state index in [2.05, 4.69) is 30.4 Å². The Kier molecular flexibility index (Phi) is 3.79. The first-order chi connectivity index (χ1) is 9.77. The molecule has 20 heavy (non-hydrogen) atoms. The molecule has 1 amide bonds. The molecule has 1 N–H and O–H groups in total. The average Bonchev–Trinajstić information content (AvgIpc) is 2.88. The Labute approximate surface area is 121 Å². The van der Waals surface area contributed by atoms with Crippen LogP contribution in [-0.2, 0) is 11.3 Å². The van der Waals surface area contributed by atoms with Crippen molar-refractivity contribution in [1.82, 2.24) is 5.32 Å². The summed E-state index contributed by atoms with van der Waals surface area (Å²) in [4.78, 5) is 15.2. The van der Waals surface area contributed by atoms with Crippen LogP contribution in [0.4, 0.5) is 5.69 Å². The molecule has 1 saturated carbocycles. The summed E-state index contributed by atoms with van der Waals surface area (Å²) >= 11 is 0. The first-order valence-corrected chi connectivity index (χ1v) is 7.87. The van der Waals surface area contributed by atoms with Crippen LogP contribution in [-0.4, -0.2) is 19.0 Å². The van der Waals surface area contributed by atoms with Gasteiger partial charge in [0.25, 0.3) is 0 Å². The number of amides is 1. The number of nitrogens with zero attached hydrogens (tertiary/aromatic N) is 1. The van der Waals surface area contributed by atoms with E-state index in [0.29, 0.717) is 5.91 Å². The van der Waals surface area contributed by atoms with E-state index < -0.39 is 0 Å². The second kappa shape index (κ2) is 5.57. The molecule has 0 atom stereocenters. The first-order valence-electron chi connectivity index (χ1n) is 7.87. The Morgan fingerprint density at radius 2 is 2.05 bits per heavy atom. The molecule has 1 aromatic carbocycles. The molecular formula is C17H24N2O. The second-order valence-corrected chi connectivity index (χ2v) is 6.10. The van der Waals surface area contributed by atoms with Gasteiger partial charge in [0.05, 0.1) is 0 Å². The van der Waals surface area contributed by atoms with Crippen LogP contribution >= 0.6 is 0 Å². The molecule has 0 saturated heterocycles. The van der Waals surface area contributed by atoms with Crippen LogP contribution in [0, 0.1) is 5.41 Å². The molecule has 0 bridgehead atoms. The fourth-order valence-electron chi connectivity index (χ4n) is 3.73. The zero-order valence-corrected chi connectivity index (χ0v) is 12.3. The molecule has 0 aromatic heterocycles. The summed E-state index contributed by atoms with van der Waals surface area (Å²) in [6.45, 7) is 4.70. The molecule has 108 valence electrons. The van der Waals surface area contributed by atoms with E-state index in [1.807, 2.05) is 11.0 Å². The number of carbonyl (C=O) groups is 1. The van der Waals surface area contributed by atoms with Gasteiger partial charge in [-0.05, 0) is 30.9 Å². The fraction of sp³-hybridized carbons (Fsp3) is 0.588. The monoisotopic (exact) mass is 272 g/mol. The van der Waals surface area contributed by atoms with E-state index >= 15 is 0 Å². The van der Waals surface area contributed by atoms with E-state index in [0.717, 1.165) is 44.6 Å². The van der Waals surface area contributed by atoms with Gasteiger partial charge in [-0.3, -0.25) is 4.79 Å². The highest BCUT2D eigenvalue weighted by atomic mass is 16.2. The van der Waals surface area contributed by atoms with Crippen LogP contribution in [0.2, 0.25) is 0 Å². The van der Waals surface area contributed by atoms with Gasteiger partial charge in [-0.1, -0.05) is 38.0 Å². The molecule has 3 rings (SSSR count). The Bertz CT molecular complexity index is 492. The van der Waals surface area contributed by atoms with Crippen LogP contribution in [0.1, 0.15) is 44.6 Å². The van der Waals surface area contributed by atoms with E-state index in [-0.39, 0.29) is 5.41 Å². The molecular weight excluding hydrogens is 248 g/mol. The van der Waals surface area contributed by atoms with Crippen molar-refractivity contribution in [1.29, 1.82) is 0 Å². The van der Waals surface area contributed by atoms with E-state index in [9.17, 15) is 4.79 Å². The van der Waals surface area contributed by atoms with Gasteiger partial charge >= 0.3 is 0 Å². The molecule has 1 aliphatic carbocycles. The third kappa shape index (κ3) is 2.24. The van der Waals surface area contributed by atoms with Crippen LogP contribution in [0.5, 0.6) is 0 Å². The Hall–Kier alpha value is -1.35. The van der Waals surface area contributed by atoms with Crippen molar-refractivity contribution in [2.45, 2.75) is 45.6 Å². The summed E-state index contributed by atoms with van der Waals surface area (Å²) in [5.74, 6) is 0.355. The summed E-state index contributed by atoms with van der Waals surface area (Å²) < 4.78 is 0. The van der Waals surface area contributed by atoms with Gasteiger partial charge in [-0.25, -0.2) is 0 Å². The number of hydrogen-bond acceptors (Lipinski definition) is 2. The molecule has 0 unspecified atom stereocenters. The van der Waals surface area contributed by atoms with Crippen molar-refractivity contribution >= 4 is 11.6 Å². The minimum Gasteiger partial charge on any atom is -0.311 e. The number of rotatable bonds is 2. The SMILES string of the molecule is CCC1(C(=O)N2CCNCc3ccccc32)CCCC1. The lowest BCUT2D eigenvalue weighted by atomic mass is 9.81. The van der Waals surface area contributed by atoms with Gasteiger partial charge < -0.3 is 10.2 Å². The number of fused-ring (bicyclic) bond motifs is 1. The van der Waals surface area contributed by atoms with E-state index in [1.165, 1.54) is 18.4 Å². The lowest BCUT2D eigenvalue weighted by Gasteiger charge is -2.33. The van der Waals surface area contributed by atoms with Crippen molar-refractivity contribution in [3.05, 3.63) is 29.8 Å². The van der Waals surface area contributed by atoms with Crippen molar-refractivity contribution < 1.29 is 4.79 Å². The minimum atomic E-state index is -0.0998. The normalized spacial score (nSPS) is 21.4. The maximum Gasteiger partial charge on any atom is 0.233 e. The van der Waals surface area contributed by atoms with Gasteiger partial charge in [0.2, 0.25) is 5.91 Å². The van der Waals surface area contributed by atoms with Crippen LogP contribution < -0.4 is 10.2 Å². The van der Waals surface area contributed by atoms with Crippen molar-refractivity contribution in [3.8, 4) is 0 Å². The van der Waals surface area contributed by atoms with Gasteiger partial charge in [0, 0.05) is 30.7 Å². The van der Waals surface area contributed by atoms with Gasteiger partial charge in [0.1, 0.15) is 0 Å². The predicted octanol–water partition coefficient (Wildman–Crippen LogP) is 3.09. The van der Waals surface area contributed by atoms with Crippen LogP contribution in [0.25, 0.3) is 0 Å². The highest BCUT2D eigenvalue weighted by molar-refractivity contribution is 5.98.